The van der Waals surface area contributed by atoms with E-state index in [2.05, 4.69) is 5.32 Å². The molecule has 0 atom stereocenters. The van der Waals surface area contributed by atoms with Gasteiger partial charge in [-0.15, -0.1) is 0 Å². The Morgan fingerprint density at radius 2 is 1.60 bits per heavy atom. The van der Waals surface area contributed by atoms with Crippen LogP contribution >= 0.6 is 11.6 Å². The van der Waals surface area contributed by atoms with Gasteiger partial charge in [-0.3, -0.25) is 9.10 Å². The van der Waals surface area contributed by atoms with Gasteiger partial charge in [-0.05, 0) is 54.8 Å². The lowest BCUT2D eigenvalue weighted by atomic mass is 10.1. The SMILES string of the molecule is Cc1ccc(S(=O)(=O)N(CC(=O)NCCOc2cccc3ccccc23)c2ccc(Cl)cc2)cc1. The summed E-state index contributed by atoms with van der Waals surface area (Å²) in [5, 5.41) is 5.27. The zero-order chi connectivity index (χ0) is 24.8. The summed E-state index contributed by atoms with van der Waals surface area (Å²) in [5.41, 5.74) is 1.28. The summed E-state index contributed by atoms with van der Waals surface area (Å²) in [4.78, 5) is 12.9. The lowest BCUT2D eigenvalue weighted by molar-refractivity contribution is -0.119. The number of nitrogens with zero attached hydrogens (tertiary/aromatic N) is 1. The minimum atomic E-state index is -3.98. The quantitative estimate of drug-likeness (QED) is 0.316. The summed E-state index contributed by atoms with van der Waals surface area (Å²) in [6.45, 7) is 1.96. The van der Waals surface area contributed by atoms with Gasteiger partial charge in [0.25, 0.3) is 10.0 Å². The fourth-order valence-electron chi connectivity index (χ4n) is 3.62. The number of rotatable bonds is 9. The number of amides is 1. The number of hydrogen-bond donors (Lipinski definition) is 1. The summed E-state index contributed by atoms with van der Waals surface area (Å²) in [5.74, 6) is 0.277. The van der Waals surface area contributed by atoms with Gasteiger partial charge >= 0.3 is 0 Å². The van der Waals surface area contributed by atoms with Crippen molar-refractivity contribution in [3.05, 3.63) is 102 Å². The van der Waals surface area contributed by atoms with Crippen molar-refractivity contribution in [2.75, 3.05) is 24.0 Å². The molecular formula is C27H25ClN2O4S. The zero-order valence-electron chi connectivity index (χ0n) is 19.1. The van der Waals surface area contributed by atoms with Gasteiger partial charge in [0.2, 0.25) is 5.91 Å². The molecule has 35 heavy (non-hydrogen) atoms. The number of aryl methyl sites for hydroxylation is 1. The third kappa shape index (κ3) is 5.93. The predicted molar refractivity (Wildman–Crippen MR) is 140 cm³/mol. The highest BCUT2D eigenvalue weighted by Crippen LogP contribution is 2.26. The van der Waals surface area contributed by atoms with Gasteiger partial charge in [0, 0.05) is 10.4 Å². The molecule has 4 rings (SSSR count). The molecule has 1 amide bonds. The number of sulfonamides is 1. The molecule has 4 aromatic carbocycles. The molecule has 0 aliphatic rings. The Kier molecular flexibility index (Phi) is 7.58. The smallest absolute Gasteiger partial charge is 0.264 e. The van der Waals surface area contributed by atoms with Gasteiger partial charge in [-0.25, -0.2) is 8.42 Å². The van der Waals surface area contributed by atoms with Crippen molar-refractivity contribution in [3.63, 3.8) is 0 Å². The highest BCUT2D eigenvalue weighted by molar-refractivity contribution is 7.92. The number of nitrogens with one attached hydrogen (secondary N) is 1. The average molecular weight is 509 g/mol. The Bertz CT molecular complexity index is 1420. The second kappa shape index (κ2) is 10.8. The Labute approximate surface area is 210 Å². The molecule has 0 aliphatic carbocycles. The number of fused-ring (bicyclic) bond motifs is 1. The lowest BCUT2D eigenvalue weighted by Gasteiger charge is -2.24. The van der Waals surface area contributed by atoms with E-state index in [4.69, 9.17) is 16.3 Å². The van der Waals surface area contributed by atoms with Crippen LogP contribution in [0.1, 0.15) is 5.56 Å². The number of carbonyl (C=O) groups excluding carboxylic acids is 1. The molecular weight excluding hydrogens is 484 g/mol. The second-order valence-corrected chi connectivity index (χ2v) is 10.3. The van der Waals surface area contributed by atoms with Crippen LogP contribution in [0.2, 0.25) is 5.02 Å². The molecule has 6 nitrogen and oxygen atoms in total. The summed E-state index contributed by atoms with van der Waals surface area (Å²) in [6, 6.07) is 26.5. The van der Waals surface area contributed by atoms with Crippen LogP contribution in [0.4, 0.5) is 5.69 Å². The van der Waals surface area contributed by atoms with Crippen LogP contribution in [-0.2, 0) is 14.8 Å². The topological polar surface area (TPSA) is 75.7 Å². The first-order chi connectivity index (χ1) is 16.8. The Balaban J connectivity index is 1.44. The monoisotopic (exact) mass is 508 g/mol. The minimum Gasteiger partial charge on any atom is -0.491 e. The van der Waals surface area contributed by atoms with Gasteiger partial charge in [-0.2, -0.15) is 0 Å². The normalized spacial score (nSPS) is 11.3. The van der Waals surface area contributed by atoms with E-state index in [1.165, 1.54) is 12.1 Å². The van der Waals surface area contributed by atoms with E-state index in [1.807, 2.05) is 49.4 Å². The third-order valence-electron chi connectivity index (χ3n) is 5.44. The van der Waals surface area contributed by atoms with E-state index < -0.39 is 15.9 Å². The van der Waals surface area contributed by atoms with Crippen molar-refractivity contribution >= 4 is 44.0 Å². The molecule has 0 radical (unpaired) electrons. The van der Waals surface area contributed by atoms with Crippen molar-refractivity contribution in [3.8, 4) is 5.75 Å². The number of ether oxygens (including phenoxy) is 1. The fraction of sp³-hybridized carbons (Fsp3) is 0.148. The molecule has 1 N–H and O–H groups in total. The van der Waals surface area contributed by atoms with Crippen molar-refractivity contribution in [1.82, 2.24) is 5.32 Å². The van der Waals surface area contributed by atoms with Crippen LogP contribution in [0, 0.1) is 6.92 Å². The van der Waals surface area contributed by atoms with Gasteiger partial charge in [-0.1, -0.05) is 65.7 Å². The zero-order valence-corrected chi connectivity index (χ0v) is 20.7. The van der Waals surface area contributed by atoms with E-state index in [9.17, 15) is 13.2 Å². The molecule has 0 aliphatic heterocycles. The number of anilines is 1. The van der Waals surface area contributed by atoms with E-state index in [0.717, 1.165) is 26.4 Å². The number of benzene rings is 4. The molecule has 0 bridgehead atoms. The summed E-state index contributed by atoms with van der Waals surface area (Å²) >= 11 is 5.98. The second-order valence-electron chi connectivity index (χ2n) is 7.98. The molecule has 0 heterocycles. The minimum absolute atomic E-state index is 0.102. The van der Waals surface area contributed by atoms with Crippen LogP contribution in [0.5, 0.6) is 5.75 Å². The molecule has 0 fully saturated rings. The number of carbonyl (C=O) groups is 1. The molecule has 4 aromatic rings. The summed E-state index contributed by atoms with van der Waals surface area (Å²) in [6.07, 6.45) is 0. The molecule has 8 heteroatoms. The van der Waals surface area contributed by atoms with Gasteiger partial charge in [0.1, 0.15) is 18.9 Å². The van der Waals surface area contributed by atoms with Crippen LogP contribution in [0.3, 0.4) is 0 Å². The highest BCUT2D eigenvalue weighted by atomic mass is 35.5. The lowest BCUT2D eigenvalue weighted by Crippen LogP contribution is -2.41. The third-order valence-corrected chi connectivity index (χ3v) is 7.48. The van der Waals surface area contributed by atoms with Crippen molar-refractivity contribution < 1.29 is 17.9 Å². The largest absolute Gasteiger partial charge is 0.491 e. The van der Waals surface area contributed by atoms with E-state index >= 15 is 0 Å². The van der Waals surface area contributed by atoms with Crippen molar-refractivity contribution in [1.29, 1.82) is 0 Å². The van der Waals surface area contributed by atoms with Gasteiger partial charge < -0.3 is 10.1 Å². The molecule has 0 saturated carbocycles. The van der Waals surface area contributed by atoms with Crippen LogP contribution < -0.4 is 14.4 Å². The Hall–Kier alpha value is -3.55. The van der Waals surface area contributed by atoms with Gasteiger partial charge in [0.15, 0.2) is 0 Å². The van der Waals surface area contributed by atoms with Crippen LogP contribution in [0.25, 0.3) is 10.8 Å². The number of halogens is 1. The Morgan fingerprint density at radius 1 is 0.914 bits per heavy atom. The molecule has 0 aromatic heterocycles. The van der Waals surface area contributed by atoms with Crippen molar-refractivity contribution in [2.45, 2.75) is 11.8 Å². The summed E-state index contributed by atoms with van der Waals surface area (Å²) < 4.78 is 33.7. The van der Waals surface area contributed by atoms with E-state index in [0.29, 0.717) is 10.7 Å². The molecule has 0 unspecified atom stereocenters. The average Bonchev–Trinajstić information content (AvgIpc) is 2.86. The first kappa shape index (κ1) is 24.6. The molecule has 0 saturated heterocycles. The molecule has 0 spiro atoms. The standard InChI is InChI=1S/C27H25ClN2O4S/c1-20-9-15-24(16-10-20)35(32,33)30(23-13-11-22(28)12-14-23)19-27(31)29-17-18-34-26-8-4-6-21-5-2-3-7-25(21)26/h2-16H,17-19H2,1H3,(H,29,31). The van der Waals surface area contributed by atoms with Gasteiger partial charge in [0.05, 0.1) is 17.1 Å². The molecule has 180 valence electrons. The maximum atomic E-state index is 13.4. The van der Waals surface area contributed by atoms with Crippen LogP contribution in [-0.4, -0.2) is 34.0 Å². The first-order valence-electron chi connectivity index (χ1n) is 11.1. The first-order valence-corrected chi connectivity index (χ1v) is 12.9. The van der Waals surface area contributed by atoms with Crippen LogP contribution in [0.15, 0.2) is 95.9 Å². The Morgan fingerprint density at radius 3 is 2.34 bits per heavy atom. The van der Waals surface area contributed by atoms with E-state index in [1.54, 1.807) is 36.4 Å². The highest BCUT2D eigenvalue weighted by Gasteiger charge is 2.27. The predicted octanol–water partition coefficient (Wildman–Crippen LogP) is 5.19. The summed E-state index contributed by atoms with van der Waals surface area (Å²) in [7, 11) is -3.98. The van der Waals surface area contributed by atoms with Crippen molar-refractivity contribution in [2.24, 2.45) is 0 Å². The maximum Gasteiger partial charge on any atom is 0.264 e. The maximum absolute atomic E-state index is 13.4. The number of hydrogen-bond acceptors (Lipinski definition) is 4. The van der Waals surface area contributed by atoms with E-state index in [-0.39, 0.29) is 24.6 Å². The fourth-order valence-corrected chi connectivity index (χ4v) is 5.17.